The third kappa shape index (κ3) is 5.81. The molecular formula is C18H31N7O5. The summed E-state index contributed by atoms with van der Waals surface area (Å²) < 4.78 is 0. The van der Waals surface area contributed by atoms with Crippen LogP contribution in [-0.4, -0.2) is 88.9 Å². The minimum Gasteiger partial charge on any atom is -0.480 e. The molecule has 0 bridgehead atoms. The fraction of sp³-hybridized carbons (Fsp3) is 0.722. The number of nitrogens with two attached hydrogens (primary N) is 3. The summed E-state index contributed by atoms with van der Waals surface area (Å²) in [5.41, 5.74) is 16.0. The second kappa shape index (κ2) is 10.8. The molecule has 3 atom stereocenters. The van der Waals surface area contributed by atoms with Gasteiger partial charge in [0.2, 0.25) is 17.7 Å². The number of carbonyl (C=O) groups excluding carboxylic acids is 3. The van der Waals surface area contributed by atoms with E-state index >= 15 is 0 Å². The number of hydrogen-bond acceptors (Lipinski definition) is 6. The van der Waals surface area contributed by atoms with Gasteiger partial charge in [-0.05, 0) is 38.5 Å². The molecule has 0 saturated carbocycles. The number of carboxylic acid groups (broad SMARTS) is 1. The molecule has 30 heavy (non-hydrogen) atoms. The number of carbonyl (C=O) groups is 4. The number of likely N-dealkylation sites (tertiary alicyclic amines) is 2. The van der Waals surface area contributed by atoms with Crippen molar-refractivity contribution in [3.05, 3.63) is 0 Å². The van der Waals surface area contributed by atoms with Crippen molar-refractivity contribution < 1.29 is 24.3 Å². The molecule has 2 rings (SSSR count). The number of nitrogens with one attached hydrogen (secondary N) is 1. The minimum absolute atomic E-state index is 0.0747. The number of carboxylic acids is 1. The second-order valence-electron chi connectivity index (χ2n) is 7.49. The van der Waals surface area contributed by atoms with Crippen molar-refractivity contribution in [2.24, 2.45) is 22.2 Å². The average molecular weight is 425 g/mol. The van der Waals surface area contributed by atoms with Crippen LogP contribution in [0.1, 0.15) is 38.5 Å². The second-order valence-corrected chi connectivity index (χ2v) is 7.49. The number of nitrogens with zero attached hydrogens (tertiary/aromatic N) is 3. The Bertz CT molecular complexity index is 694. The molecule has 0 aromatic carbocycles. The monoisotopic (exact) mass is 425 g/mol. The van der Waals surface area contributed by atoms with Crippen molar-refractivity contribution in [1.82, 2.24) is 15.1 Å². The lowest BCUT2D eigenvalue weighted by atomic mass is 10.1. The Hall–Kier alpha value is -2.89. The van der Waals surface area contributed by atoms with E-state index in [-0.39, 0.29) is 31.4 Å². The van der Waals surface area contributed by atoms with Gasteiger partial charge >= 0.3 is 5.97 Å². The van der Waals surface area contributed by atoms with Gasteiger partial charge in [0, 0.05) is 19.6 Å². The minimum atomic E-state index is -1.07. The lowest BCUT2D eigenvalue weighted by molar-refractivity contribution is -0.149. The molecule has 0 radical (unpaired) electrons. The number of aliphatic imine (C=N–C) groups is 1. The van der Waals surface area contributed by atoms with Crippen LogP contribution >= 0.6 is 0 Å². The van der Waals surface area contributed by atoms with Gasteiger partial charge in [-0.3, -0.25) is 19.4 Å². The van der Waals surface area contributed by atoms with Crippen LogP contribution in [0.25, 0.3) is 0 Å². The summed E-state index contributed by atoms with van der Waals surface area (Å²) in [7, 11) is 0. The van der Waals surface area contributed by atoms with Gasteiger partial charge < -0.3 is 37.4 Å². The first-order valence-corrected chi connectivity index (χ1v) is 10.1. The average Bonchev–Trinajstić information content (AvgIpc) is 3.38. The van der Waals surface area contributed by atoms with Gasteiger partial charge in [0.1, 0.15) is 18.1 Å². The van der Waals surface area contributed by atoms with Crippen molar-refractivity contribution in [3.8, 4) is 0 Å². The highest BCUT2D eigenvalue weighted by Gasteiger charge is 2.39. The molecule has 2 aliphatic rings. The molecule has 2 saturated heterocycles. The molecule has 3 amide bonds. The first-order valence-electron chi connectivity index (χ1n) is 10.1. The van der Waals surface area contributed by atoms with Gasteiger partial charge in [0.25, 0.3) is 0 Å². The Morgan fingerprint density at radius 3 is 2.30 bits per heavy atom. The molecule has 12 heteroatoms. The number of aliphatic carboxylic acids is 1. The first kappa shape index (κ1) is 23.4. The number of amides is 3. The van der Waals surface area contributed by atoms with E-state index in [9.17, 15) is 24.3 Å². The van der Waals surface area contributed by atoms with E-state index in [0.717, 1.165) is 0 Å². The number of hydrogen-bond donors (Lipinski definition) is 5. The molecule has 168 valence electrons. The van der Waals surface area contributed by atoms with Crippen molar-refractivity contribution >= 4 is 29.7 Å². The highest BCUT2D eigenvalue weighted by Crippen LogP contribution is 2.21. The highest BCUT2D eigenvalue weighted by atomic mass is 16.4. The van der Waals surface area contributed by atoms with E-state index in [1.807, 2.05) is 0 Å². The van der Waals surface area contributed by atoms with Crippen LogP contribution in [0.4, 0.5) is 0 Å². The van der Waals surface area contributed by atoms with E-state index in [2.05, 4.69) is 10.3 Å². The standard InChI is InChI=1S/C18H31N7O5/c19-10-14(26)24-8-2-5-12(24)15(27)23-11(4-1-7-22-18(20)21)16(28)25-9-3-6-13(25)17(29)30/h11-13H,1-10,19H2,(H,23,27)(H,29,30)(H4,20,21,22)/t11-,12+,13+/m1/s1. The normalized spacial score (nSPS) is 21.9. The third-order valence-electron chi connectivity index (χ3n) is 5.43. The van der Waals surface area contributed by atoms with Crippen LogP contribution < -0.4 is 22.5 Å². The van der Waals surface area contributed by atoms with Gasteiger partial charge in [0.05, 0.1) is 6.54 Å². The summed E-state index contributed by atoms with van der Waals surface area (Å²) in [4.78, 5) is 56.0. The fourth-order valence-corrected chi connectivity index (χ4v) is 3.97. The van der Waals surface area contributed by atoms with E-state index < -0.39 is 35.9 Å². The van der Waals surface area contributed by atoms with Crippen molar-refractivity contribution in [2.45, 2.75) is 56.7 Å². The Labute approximate surface area is 174 Å². The molecule has 0 aromatic rings. The van der Waals surface area contributed by atoms with Crippen molar-refractivity contribution in [3.63, 3.8) is 0 Å². The molecule has 2 fully saturated rings. The molecule has 0 aliphatic carbocycles. The molecule has 0 unspecified atom stereocenters. The van der Waals surface area contributed by atoms with Crippen LogP contribution in [0.15, 0.2) is 4.99 Å². The Morgan fingerprint density at radius 2 is 1.70 bits per heavy atom. The van der Waals surface area contributed by atoms with Crippen LogP contribution in [0.5, 0.6) is 0 Å². The van der Waals surface area contributed by atoms with Gasteiger partial charge in [-0.15, -0.1) is 0 Å². The molecular weight excluding hydrogens is 394 g/mol. The zero-order valence-corrected chi connectivity index (χ0v) is 17.0. The van der Waals surface area contributed by atoms with E-state index in [1.165, 1.54) is 9.80 Å². The lowest BCUT2D eigenvalue weighted by Gasteiger charge is -2.29. The lowest BCUT2D eigenvalue weighted by Crippen LogP contribution is -2.55. The summed E-state index contributed by atoms with van der Waals surface area (Å²) in [6, 6.07) is -2.53. The fourth-order valence-electron chi connectivity index (χ4n) is 3.97. The van der Waals surface area contributed by atoms with E-state index in [4.69, 9.17) is 17.2 Å². The summed E-state index contributed by atoms with van der Waals surface area (Å²) in [6.07, 6.45) is 2.75. The SMILES string of the molecule is NCC(=O)N1CCC[C@H]1C(=O)N[C@H](CCCN=C(N)N)C(=O)N1CCC[C@H]1C(=O)O. The Kier molecular flexibility index (Phi) is 8.39. The Balaban J connectivity index is 2.11. The maximum Gasteiger partial charge on any atom is 0.326 e. The molecule has 0 spiro atoms. The van der Waals surface area contributed by atoms with Gasteiger partial charge in [0.15, 0.2) is 5.96 Å². The van der Waals surface area contributed by atoms with Crippen LogP contribution in [0.3, 0.4) is 0 Å². The van der Waals surface area contributed by atoms with E-state index in [0.29, 0.717) is 45.2 Å². The summed E-state index contributed by atoms with van der Waals surface area (Å²) in [6.45, 7) is 0.825. The highest BCUT2D eigenvalue weighted by molar-refractivity contribution is 5.94. The maximum absolute atomic E-state index is 13.1. The topological polar surface area (TPSA) is 197 Å². The quantitative estimate of drug-likeness (QED) is 0.152. The third-order valence-corrected chi connectivity index (χ3v) is 5.43. The van der Waals surface area contributed by atoms with Crippen LogP contribution in [-0.2, 0) is 19.2 Å². The molecule has 0 aromatic heterocycles. The first-order chi connectivity index (χ1) is 14.3. The molecule has 2 aliphatic heterocycles. The summed E-state index contributed by atoms with van der Waals surface area (Å²) in [5.74, 6) is -2.36. The van der Waals surface area contributed by atoms with Crippen LogP contribution in [0.2, 0.25) is 0 Å². The Morgan fingerprint density at radius 1 is 1.07 bits per heavy atom. The van der Waals surface area contributed by atoms with E-state index in [1.54, 1.807) is 0 Å². The molecule has 12 nitrogen and oxygen atoms in total. The zero-order chi connectivity index (χ0) is 22.3. The molecule has 2 heterocycles. The smallest absolute Gasteiger partial charge is 0.326 e. The van der Waals surface area contributed by atoms with Crippen LogP contribution in [0, 0.1) is 0 Å². The molecule has 8 N–H and O–H groups in total. The number of rotatable bonds is 9. The summed E-state index contributed by atoms with van der Waals surface area (Å²) >= 11 is 0. The maximum atomic E-state index is 13.1. The number of guanidine groups is 1. The van der Waals surface area contributed by atoms with Gasteiger partial charge in [-0.1, -0.05) is 0 Å². The summed E-state index contributed by atoms with van der Waals surface area (Å²) in [5, 5.41) is 12.1. The van der Waals surface area contributed by atoms with Crippen molar-refractivity contribution in [2.75, 3.05) is 26.2 Å². The zero-order valence-electron chi connectivity index (χ0n) is 17.0. The largest absolute Gasteiger partial charge is 0.480 e. The predicted octanol–water partition coefficient (Wildman–Crippen LogP) is -2.45. The van der Waals surface area contributed by atoms with Gasteiger partial charge in [-0.2, -0.15) is 0 Å². The van der Waals surface area contributed by atoms with Gasteiger partial charge in [-0.25, -0.2) is 4.79 Å². The van der Waals surface area contributed by atoms with Crippen molar-refractivity contribution in [1.29, 1.82) is 0 Å². The predicted molar refractivity (Wildman–Crippen MR) is 108 cm³/mol.